The lowest BCUT2D eigenvalue weighted by atomic mass is 10.3. The van der Waals surface area contributed by atoms with E-state index in [1.165, 1.54) is 38.5 Å². The van der Waals surface area contributed by atoms with E-state index in [9.17, 15) is 22.0 Å². The minimum atomic E-state index is -4.68. The average molecular weight is 436 g/mol. The number of thioether (sulfide) groups is 1. The summed E-state index contributed by atoms with van der Waals surface area (Å²) >= 11 is 0.0965. The Morgan fingerprint density at radius 2 is 1.75 bits per heavy atom. The molecule has 0 bridgehead atoms. The molecule has 1 aromatic heterocycles. The number of carbonyl (C=O) groups excluding carboxylic acids is 1. The number of hydrogen-bond donors (Lipinski definition) is 2. The largest absolute Gasteiger partial charge is 0.481 e. The lowest BCUT2D eigenvalue weighted by Gasteiger charge is -2.12. The second-order valence-corrected chi connectivity index (χ2v) is 7.01. The maximum atomic E-state index is 12.6. The maximum Gasteiger partial charge on any atom is 0.411 e. The van der Waals surface area contributed by atoms with Gasteiger partial charge in [0.1, 0.15) is 0 Å². The normalized spacial score (nSPS) is 11.0. The van der Waals surface area contributed by atoms with Crippen molar-refractivity contribution in [2.75, 3.05) is 19.5 Å². The van der Waals surface area contributed by atoms with E-state index in [-0.39, 0.29) is 40.1 Å². The molecule has 0 saturated carbocycles. The molecule has 2 amide bonds. The van der Waals surface area contributed by atoms with Crippen molar-refractivity contribution < 1.29 is 35.6 Å². The number of anilines is 1. The Hall–Kier alpha value is -2.87. The quantitative estimate of drug-likeness (QED) is 0.599. The topological polar surface area (TPSA) is 129 Å². The average Bonchev–Trinajstić information content (AvgIpc) is 2.61. The van der Waals surface area contributed by atoms with Crippen LogP contribution in [-0.4, -0.2) is 44.4 Å². The molecule has 2 rings (SSSR count). The fraction of sp³-hybridized carbons (Fsp3) is 0.214. The van der Waals surface area contributed by atoms with Crippen molar-refractivity contribution >= 4 is 34.0 Å². The fourth-order valence-electron chi connectivity index (χ4n) is 1.76. The van der Waals surface area contributed by atoms with E-state index in [0.29, 0.717) is 0 Å². The first kappa shape index (κ1) is 21.4. The van der Waals surface area contributed by atoms with Crippen LogP contribution in [0.3, 0.4) is 0 Å². The number of urea groups is 1. The Morgan fingerprint density at radius 3 is 2.32 bits per heavy atom. The molecule has 1 aromatic carbocycles. The summed E-state index contributed by atoms with van der Waals surface area (Å²) in [6.07, 6.45) is 0. The van der Waals surface area contributed by atoms with Crippen LogP contribution in [0.2, 0.25) is 0 Å². The van der Waals surface area contributed by atoms with Crippen LogP contribution in [0.25, 0.3) is 0 Å². The van der Waals surface area contributed by atoms with Gasteiger partial charge in [-0.3, -0.25) is 5.32 Å². The summed E-state index contributed by atoms with van der Waals surface area (Å²) in [6, 6.07) is 5.31. The molecule has 28 heavy (non-hydrogen) atoms. The van der Waals surface area contributed by atoms with Gasteiger partial charge in [0, 0.05) is 0 Å². The minimum absolute atomic E-state index is 0.0548. The lowest BCUT2D eigenvalue weighted by molar-refractivity contribution is 0.251. The predicted molar refractivity (Wildman–Crippen MR) is 95.1 cm³/mol. The molecule has 0 aliphatic rings. The van der Waals surface area contributed by atoms with Crippen LogP contribution in [0, 0.1) is 0 Å². The zero-order chi connectivity index (χ0) is 20.7. The molecule has 0 aliphatic carbocycles. The van der Waals surface area contributed by atoms with Crippen LogP contribution < -0.4 is 23.7 Å². The van der Waals surface area contributed by atoms with Gasteiger partial charge in [-0.2, -0.15) is 27.2 Å². The molecule has 0 unspecified atom stereocenters. The number of carbonyl (C=O) groups is 1. The highest BCUT2D eigenvalue weighted by atomic mass is 32.2. The second kappa shape index (κ2) is 9.36. The summed E-state index contributed by atoms with van der Waals surface area (Å²) < 4.78 is 65.1. The third kappa shape index (κ3) is 6.38. The molecule has 0 spiro atoms. The molecule has 0 fully saturated rings. The van der Waals surface area contributed by atoms with Crippen molar-refractivity contribution in [3.05, 3.63) is 30.3 Å². The summed E-state index contributed by atoms with van der Waals surface area (Å²) in [5, 5.41) is 2.06. The Labute approximate surface area is 162 Å². The van der Waals surface area contributed by atoms with E-state index < -0.39 is 22.1 Å². The second-order valence-electron chi connectivity index (χ2n) is 4.70. The number of methoxy groups -OCH3 is 2. The van der Waals surface area contributed by atoms with Crippen LogP contribution >= 0.6 is 11.8 Å². The highest BCUT2D eigenvalue weighted by Crippen LogP contribution is 2.33. The van der Waals surface area contributed by atoms with Crippen LogP contribution in [0.1, 0.15) is 0 Å². The molecule has 152 valence electrons. The predicted octanol–water partition coefficient (Wildman–Crippen LogP) is 2.25. The van der Waals surface area contributed by atoms with Gasteiger partial charge in [0.25, 0.3) is 5.76 Å². The molecular weight excluding hydrogens is 422 g/mol. The highest BCUT2D eigenvalue weighted by molar-refractivity contribution is 7.99. The number of aromatic nitrogens is 2. The van der Waals surface area contributed by atoms with Crippen molar-refractivity contribution in [2.45, 2.75) is 10.7 Å². The number of nitrogens with one attached hydrogen (secondary N) is 2. The molecule has 0 atom stereocenters. The number of halogens is 2. The zero-order valence-corrected chi connectivity index (χ0v) is 16.0. The Bertz CT molecular complexity index is 923. The van der Waals surface area contributed by atoms with Crippen LogP contribution in [0.15, 0.2) is 35.2 Å². The SMILES string of the molecule is COc1cc(OC)nc(NC(=O)NS(=O)(=O)Oc2ccccc2SC(F)F)n1. The zero-order valence-electron chi connectivity index (χ0n) is 14.4. The standard InChI is InChI=1S/C14H14F2N4O6S2/c1-24-10-7-11(25-2)18-13(17-10)19-14(21)20-28(22,23)26-8-5-3-4-6-9(8)27-12(15)16/h3-7,12H,1-2H3,(H2,17,18,19,20,21). The molecule has 2 aromatic rings. The van der Waals surface area contributed by atoms with Crippen molar-refractivity contribution in [2.24, 2.45) is 0 Å². The van der Waals surface area contributed by atoms with Gasteiger partial charge >= 0.3 is 16.3 Å². The van der Waals surface area contributed by atoms with Crippen molar-refractivity contribution in [3.8, 4) is 17.5 Å². The first-order chi connectivity index (χ1) is 13.2. The van der Waals surface area contributed by atoms with Crippen LogP contribution in [0.4, 0.5) is 19.5 Å². The van der Waals surface area contributed by atoms with E-state index >= 15 is 0 Å². The summed E-state index contributed by atoms with van der Waals surface area (Å²) in [5.41, 5.74) is 0. The number of rotatable bonds is 8. The Balaban J connectivity index is 2.09. The first-order valence-electron chi connectivity index (χ1n) is 7.26. The van der Waals surface area contributed by atoms with E-state index in [4.69, 9.17) is 9.47 Å². The monoisotopic (exact) mass is 436 g/mol. The van der Waals surface area contributed by atoms with Gasteiger partial charge in [0.15, 0.2) is 5.75 Å². The number of amides is 2. The molecule has 2 N–H and O–H groups in total. The summed E-state index contributed by atoms with van der Waals surface area (Å²) in [7, 11) is -2.05. The van der Waals surface area contributed by atoms with Gasteiger partial charge in [-0.1, -0.05) is 23.9 Å². The van der Waals surface area contributed by atoms with E-state index in [2.05, 4.69) is 19.5 Å². The number of hydrogen-bond acceptors (Lipinski definition) is 9. The molecule has 0 radical (unpaired) electrons. The number of para-hydroxylation sites is 1. The Kier molecular flexibility index (Phi) is 7.17. The number of ether oxygens (including phenoxy) is 2. The van der Waals surface area contributed by atoms with E-state index in [0.717, 1.165) is 6.07 Å². The van der Waals surface area contributed by atoms with Crippen LogP contribution in [-0.2, 0) is 10.3 Å². The first-order valence-corrected chi connectivity index (χ1v) is 9.55. The van der Waals surface area contributed by atoms with Gasteiger partial charge in [0.2, 0.25) is 17.7 Å². The fourth-order valence-corrected chi connectivity index (χ4v) is 3.09. The summed E-state index contributed by atoms with van der Waals surface area (Å²) in [5.74, 6) is -3.35. The molecule has 0 aliphatic heterocycles. The van der Waals surface area contributed by atoms with Crippen LogP contribution in [0.5, 0.6) is 17.5 Å². The highest BCUT2D eigenvalue weighted by Gasteiger charge is 2.21. The minimum Gasteiger partial charge on any atom is -0.481 e. The third-order valence-electron chi connectivity index (χ3n) is 2.81. The molecule has 14 heteroatoms. The van der Waals surface area contributed by atoms with E-state index in [1.807, 2.05) is 0 Å². The Morgan fingerprint density at radius 1 is 1.14 bits per heavy atom. The summed E-state index contributed by atoms with van der Waals surface area (Å²) in [4.78, 5) is 19.4. The number of benzene rings is 1. The van der Waals surface area contributed by atoms with Gasteiger partial charge in [-0.15, -0.1) is 0 Å². The lowest BCUT2D eigenvalue weighted by Crippen LogP contribution is -2.37. The smallest absolute Gasteiger partial charge is 0.411 e. The molecule has 0 saturated heterocycles. The van der Waals surface area contributed by atoms with Gasteiger partial charge < -0.3 is 13.7 Å². The molecular formula is C14H14F2N4O6S2. The molecule has 1 heterocycles. The third-order valence-corrected chi connectivity index (χ3v) is 4.41. The van der Waals surface area contributed by atoms with Gasteiger partial charge in [-0.05, 0) is 12.1 Å². The van der Waals surface area contributed by atoms with Crippen molar-refractivity contribution in [1.82, 2.24) is 14.7 Å². The van der Waals surface area contributed by atoms with Crippen molar-refractivity contribution in [3.63, 3.8) is 0 Å². The number of nitrogens with zero attached hydrogens (tertiary/aromatic N) is 2. The maximum absolute atomic E-state index is 12.6. The molecule has 10 nitrogen and oxygen atoms in total. The summed E-state index contributed by atoms with van der Waals surface area (Å²) in [6.45, 7) is 0. The van der Waals surface area contributed by atoms with Crippen molar-refractivity contribution in [1.29, 1.82) is 0 Å². The van der Waals surface area contributed by atoms with E-state index in [1.54, 1.807) is 4.72 Å². The van der Waals surface area contributed by atoms with Gasteiger partial charge in [-0.25, -0.2) is 9.52 Å². The number of alkyl halides is 2. The van der Waals surface area contributed by atoms with Gasteiger partial charge in [0.05, 0.1) is 25.2 Å².